The highest BCUT2D eigenvalue weighted by Crippen LogP contribution is 2.20. The average Bonchev–Trinajstić information content (AvgIpc) is 2.46. The van der Waals surface area contributed by atoms with Crippen LogP contribution in [0.4, 0.5) is 0 Å². The fraction of sp³-hybridized carbons (Fsp3) is 0.611. The maximum atomic E-state index is 8.65. The first-order valence-corrected chi connectivity index (χ1v) is 7.84. The summed E-state index contributed by atoms with van der Waals surface area (Å²) < 4.78 is 0. The number of hydrogen-bond acceptors (Lipinski definition) is 3. The molecule has 0 radical (unpaired) electrons. The monoisotopic (exact) mass is 287 g/mol. The summed E-state index contributed by atoms with van der Waals surface area (Å²) in [7, 11) is 2.17. The highest BCUT2D eigenvalue weighted by molar-refractivity contribution is 5.14. The first kappa shape index (κ1) is 17.7. The fourth-order valence-corrected chi connectivity index (χ4v) is 2.36. The van der Waals surface area contributed by atoms with Crippen LogP contribution in [0.5, 0.6) is 0 Å². The maximum Gasteiger partial charge on any atom is 0.0621 e. The second-order valence-electron chi connectivity index (χ2n) is 6.58. The number of benzene rings is 1. The lowest BCUT2D eigenvalue weighted by Gasteiger charge is -2.24. The van der Waals surface area contributed by atoms with Crippen LogP contribution in [0.15, 0.2) is 30.3 Å². The van der Waals surface area contributed by atoms with Crippen LogP contribution in [-0.4, -0.2) is 31.6 Å². The first-order chi connectivity index (χ1) is 10.0. The van der Waals surface area contributed by atoms with E-state index >= 15 is 0 Å². The zero-order valence-electron chi connectivity index (χ0n) is 13.7. The smallest absolute Gasteiger partial charge is 0.0621 e. The minimum absolute atomic E-state index is 0.214. The number of rotatable bonds is 10. The SMILES string of the molecule is CN(CCCNCC(C)(C)CCC#N)Cc1ccccc1. The van der Waals surface area contributed by atoms with E-state index in [1.54, 1.807) is 0 Å². The molecule has 0 fully saturated rings. The average molecular weight is 287 g/mol. The molecule has 1 N–H and O–H groups in total. The molecule has 0 aromatic heterocycles. The van der Waals surface area contributed by atoms with Crippen molar-refractivity contribution < 1.29 is 0 Å². The Labute approximate surface area is 130 Å². The molecule has 1 aromatic carbocycles. The summed E-state index contributed by atoms with van der Waals surface area (Å²) in [6.45, 7) is 8.57. The lowest BCUT2D eigenvalue weighted by Crippen LogP contribution is -2.31. The molecule has 0 atom stereocenters. The van der Waals surface area contributed by atoms with Crippen molar-refractivity contribution in [1.29, 1.82) is 5.26 Å². The van der Waals surface area contributed by atoms with E-state index in [-0.39, 0.29) is 5.41 Å². The topological polar surface area (TPSA) is 39.1 Å². The van der Waals surface area contributed by atoms with Crippen molar-refractivity contribution in [1.82, 2.24) is 10.2 Å². The van der Waals surface area contributed by atoms with Crippen molar-refractivity contribution in [3.63, 3.8) is 0 Å². The summed E-state index contributed by atoms with van der Waals surface area (Å²) in [6.07, 6.45) is 2.76. The number of hydrogen-bond donors (Lipinski definition) is 1. The molecule has 0 spiro atoms. The number of nitrogens with zero attached hydrogens (tertiary/aromatic N) is 2. The third-order valence-corrected chi connectivity index (χ3v) is 3.71. The van der Waals surface area contributed by atoms with Crippen LogP contribution in [0.25, 0.3) is 0 Å². The van der Waals surface area contributed by atoms with Crippen LogP contribution >= 0.6 is 0 Å². The van der Waals surface area contributed by atoms with Gasteiger partial charge in [-0.2, -0.15) is 5.26 Å². The summed E-state index contributed by atoms with van der Waals surface area (Å²) >= 11 is 0. The summed E-state index contributed by atoms with van der Waals surface area (Å²) in [5, 5.41) is 12.2. The Hall–Kier alpha value is -1.37. The minimum atomic E-state index is 0.214. The van der Waals surface area contributed by atoms with E-state index in [9.17, 15) is 0 Å². The van der Waals surface area contributed by atoms with Gasteiger partial charge in [0.15, 0.2) is 0 Å². The van der Waals surface area contributed by atoms with E-state index in [1.165, 1.54) is 5.56 Å². The molecule has 3 heteroatoms. The van der Waals surface area contributed by atoms with E-state index in [4.69, 9.17) is 5.26 Å². The zero-order chi connectivity index (χ0) is 15.6. The summed E-state index contributed by atoms with van der Waals surface area (Å²) in [6, 6.07) is 12.8. The van der Waals surface area contributed by atoms with Crippen molar-refractivity contribution in [2.45, 2.75) is 39.7 Å². The third-order valence-electron chi connectivity index (χ3n) is 3.71. The van der Waals surface area contributed by atoms with Gasteiger partial charge >= 0.3 is 0 Å². The van der Waals surface area contributed by atoms with Gasteiger partial charge < -0.3 is 10.2 Å². The number of nitriles is 1. The van der Waals surface area contributed by atoms with Crippen molar-refractivity contribution in [3.8, 4) is 6.07 Å². The van der Waals surface area contributed by atoms with Gasteiger partial charge in [-0.3, -0.25) is 0 Å². The van der Waals surface area contributed by atoms with Crippen molar-refractivity contribution >= 4 is 0 Å². The van der Waals surface area contributed by atoms with Crippen molar-refractivity contribution in [2.75, 3.05) is 26.7 Å². The summed E-state index contributed by atoms with van der Waals surface area (Å²) in [4.78, 5) is 2.36. The van der Waals surface area contributed by atoms with Gasteiger partial charge in [0.1, 0.15) is 0 Å². The fourth-order valence-electron chi connectivity index (χ4n) is 2.36. The predicted octanol–water partition coefficient (Wildman–Crippen LogP) is 3.43. The van der Waals surface area contributed by atoms with Crippen LogP contribution in [0.2, 0.25) is 0 Å². The van der Waals surface area contributed by atoms with Gasteiger partial charge in [0.05, 0.1) is 6.07 Å². The quantitative estimate of drug-likeness (QED) is 0.670. The molecule has 1 rings (SSSR count). The molecule has 0 unspecified atom stereocenters. The highest BCUT2D eigenvalue weighted by atomic mass is 15.1. The highest BCUT2D eigenvalue weighted by Gasteiger charge is 2.16. The minimum Gasteiger partial charge on any atom is -0.316 e. The molecule has 1 aromatic rings. The molecule has 0 bridgehead atoms. The van der Waals surface area contributed by atoms with Crippen LogP contribution in [0.1, 0.15) is 38.7 Å². The van der Waals surface area contributed by atoms with Gasteiger partial charge in [0.25, 0.3) is 0 Å². The van der Waals surface area contributed by atoms with Gasteiger partial charge in [0.2, 0.25) is 0 Å². The van der Waals surface area contributed by atoms with Crippen LogP contribution in [0, 0.1) is 16.7 Å². The third kappa shape index (κ3) is 8.49. The molecular formula is C18H29N3. The Balaban J connectivity index is 2.10. The molecule has 21 heavy (non-hydrogen) atoms. The lowest BCUT2D eigenvalue weighted by molar-refractivity contribution is 0.297. The second-order valence-corrected chi connectivity index (χ2v) is 6.58. The van der Waals surface area contributed by atoms with Gasteiger partial charge in [-0.1, -0.05) is 44.2 Å². The second kappa shape index (κ2) is 9.55. The Kier molecular flexibility index (Phi) is 8.04. The predicted molar refractivity (Wildman–Crippen MR) is 88.9 cm³/mol. The first-order valence-electron chi connectivity index (χ1n) is 7.84. The molecule has 0 aliphatic heterocycles. The standard InChI is InChI=1S/C18H29N3/c1-18(2,11-7-12-19)16-20-13-8-14-21(3)15-17-9-5-4-6-10-17/h4-6,9-10,20H,7-8,11,13-16H2,1-3H3. The van der Waals surface area contributed by atoms with E-state index < -0.39 is 0 Å². The van der Waals surface area contributed by atoms with Crippen molar-refractivity contribution in [2.24, 2.45) is 5.41 Å². The van der Waals surface area contributed by atoms with Crippen LogP contribution in [-0.2, 0) is 6.54 Å². The van der Waals surface area contributed by atoms with Gasteiger partial charge in [-0.15, -0.1) is 0 Å². The Morgan fingerprint density at radius 1 is 1.24 bits per heavy atom. The molecule has 0 aliphatic rings. The molecule has 0 saturated heterocycles. The van der Waals surface area contributed by atoms with E-state index in [2.05, 4.69) is 67.5 Å². The summed E-state index contributed by atoms with van der Waals surface area (Å²) in [5.41, 5.74) is 1.58. The normalized spacial score (nSPS) is 11.6. The molecule has 0 aliphatic carbocycles. The maximum absolute atomic E-state index is 8.65. The Morgan fingerprint density at radius 2 is 1.95 bits per heavy atom. The largest absolute Gasteiger partial charge is 0.316 e. The van der Waals surface area contributed by atoms with E-state index in [1.807, 2.05) is 0 Å². The van der Waals surface area contributed by atoms with Gasteiger partial charge in [0, 0.05) is 19.5 Å². The van der Waals surface area contributed by atoms with E-state index in [0.29, 0.717) is 6.42 Å². The summed E-state index contributed by atoms with van der Waals surface area (Å²) in [5.74, 6) is 0. The van der Waals surface area contributed by atoms with E-state index in [0.717, 1.165) is 39.0 Å². The van der Waals surface area contributed by atoms with Crippen LogP contribution in [0.3, 0.4) is 0 Å². The van der Waals surface area contributed by atoms with Crippen LogP contribution < -0.4 is 5.32 Å². The molecule has 116 valence electrons. The van der Waals surface area contributed by atoms with Crippen molar-refractivity contribution in [3.05, 3.63) is 35.9 Å². The number of nitrogens with one attached hydrogen (secondary N) is 1. The molecule has 0 heterocycles. The zero-order valence-corrected chi connectivity index (χ0v) is 13.7. The Bertz CT molecular complexity index is 420. The lowest BCUT2D eigenvalue weighted by atomic mass is 9.88. The molecule has 3 nitrogen and oxygen atoms in total. The van der Waals surface area contributed by atoms with Gasteiger partial charge in [-0.05, 0) is 44.0 Å². The molecule has 0 saturated carbocycles. The van der Waals surface area contributed by atoms with Gasteiger partial charge in [-0.25, -0.2) is 0 Å². The molecular weight excluding hydrogens is 258 g/mol. The molecule has 0 amide bonds. The Morgan fingerprint density at radius 3 is 2.62 bits per heavy atom.